The van der Waals surface area contributed by atoms with Crippen LogP contribution in [0.15, 0.2) is 53.6 Å². The van der Waals surface area contributed by atoms with Crippen molar-refractivity contribution >= 4 is 18.4 Å². The molecule has 6 nitrogen and oxygen atoms in total. The van der Waals surface area contributed by atoms with Crippen molar-refractivity contribution in [3.05, 3.63) is 58.9 Å². The fraction of sp³-hybridized carbons (Fsp3) is 0.118. The van der Waals surface area contributed by atoms with Crippen LogP contribution in [0.2, 0.25) is 0 Å². The largest absolute Gasteiger partial charge is 0.507 e. The van der Waals surface area contributed by atoms with E-state index in [0.29, 0.717) is 22.8 Å². The lowest BCUT2D eigenvalue weighted by molar-refractivity contribution is 0.340. The Morgan fingerprint density at radius 3 is 2.71 bits per heavy atom. The third-order valence-corrected chi connectivity index (χ3v) is 3.59. The number of phenols is 1. The molecule has 0 radical (unpaired) electrons. The summed E-state index contributed by atoms with van der Waals surface area (Å²) in [6, 6.07) is 14.5. The Bertz CT molecular complexity index is 913. The van der Waals surface area contributed by atoms with Gasteiger partial charge in [0.2, 0.25) is 4.77 Å². The minimum atomic E-state index is 0.152. The van der Waals surface area contributed by atoms with Crippen LogP contribution in [0, 0.1) is 4.77 Å². The summed E-state index contributed by atoms with van der Waals surface area (Å²) >= 11 is 5.23. The first-order valence-corrected chi connectivity index (χ1v) is 7.83. The quantitative estimate of drug-likeness (QED) is 0.550. The first kappa shape index (κ1) is 15.9. The molecular weight excluding hydrogens is 324 g/mol. The molecule has 0 aliphatic rings. The molecule has 1 heterocycles. The van der Waals surface area contributed by atoms with Crippen molar-refractivity contribution in [3.63, 3.8) is 0 Å². The Labute approximate surface area is 144 Å². The highest BCUT2D eigenvalue weighted by atomic mass is 32.1. The van der Waals surface area contributed by atoms with Gasteiger partial charge in [-0.1, -0.05) is 12.1 Å². The van der Waals surface area contributed by atoms with E-state index in [1.807, 2.05) is 37.3 Å². The van der Waals surface area contributed by atoms with Gasteiger partial charge in [-0.15, -0.1) is 0 Å². The fourth-order valence-corrected chi connectivity index (χ4v) is 2.35. The number of hydrogen-bond acceptors (Lipinski definition) is 5. The van der Waals surface area contributed by atoms with Gasteiger partial charge in [-0.2, -0.15) is 14.9 Å². The van der Waals surface area contributed by atoms with Gasteiger partial charge in [-0.25, -0.2) is 5.10 Å². The van der Waals surface area contributed by atoms with Gasteiger partial charge in [0, 0.05) is 11.1 Å². The number of aromatic hydroxyl groups is 1. The number of hydrogen-bond donors (Lipinski definition) is 2. The van der Waals surface area contributed by atoms with Crippen LogP contribution in [0.3, 0.4) is 0 Å². The molecule has 0 fully saturated rings. The van der Waals surface area contributed by atoms with E-state index in [4.69, 9.17) is 17.0 Å². The van der Waals surface area contributed by atoms with Crippen LogP contribution < -0.4 is 4.74 Å². The van der Waals surface area contributed by atoms with E-state index < -0.39 is 0 Å². The molecule has 0 aliphatic carbocycles. The third kappa shape index (κ3) is 3.36. The topological polar surface area (TPSA) is 75.4 Å². The van der Waals surface area contributed by atoms with Crippen LogP contribution in [0.4, 0.5) is 0 Å². The number of rotatable bonds is 5. The van der Waals surface area contributed by atoms with Crippen LogP contribution in [0.1, 0.15) is 12.5 Å². The van der Waals surface area contributed by atoms with E-state index in [9.17, 15) is 5.11 Å². The Morgan fingerprint density at radius 2 is 2.00 bits per heavy atom. The molecule has 0 unspecified atom stereocenters. The molecule has 122 valence electrons. The van der Waals surface area contributed by atoms with Gasteiger partial charge in [0.25, 0.3) is 0 Å². The maximum Gasteiger partial charge on any atom is 0.216 e. The lowest BCUT2D eigenvalue weighted by atomic mass is 10.2. The number of aromatic nitrogens is 3. The predicted octanol–water partition coefficient (Wildman–Crippen LogP) is 3.59. The molecule has 3 aromatic rings. The average molecular weight is 340 g/mol. The van der Waals surface area contributed by atoms with Gasteiger partial charge >= 0.3 is 0 Å². The molecule has 0 saturated carbocycles. The lowest BCUT2D eigenvalue weighted by Crippen LogP contribution is -1.96. The van der Waals surface area contributed by atoms with Crippen LogP contribution in [0.25, 0.3) is 11.4 Å². The molecule has 3 rings (SSSR count). The van der Waals surface area contributed by atoms with Gasteiger partial charge in [0.15, 0.2) is 5.82 Å². The number of para-hydroxylation sites is 1. The van der Waals surface area contributed by atoms with Crippen molar-refractivity contribution in [2.45, 2.75) is 6.92 Å². The zero-order valence-corrected chi connectivity index (χ0v) is 13.8. The summed E-state index contributed by atoms with van der Waals surface area (Å²) in [4.78, 5) is 0. The fourth-order valence-electron chi connectivity index (χ4n) is 2.17. The Morgan fingerprint density at radius 1 is 1.25 bits per heavy atom. The highest BCUT2D eigenvalue weighted by Crippen LogP contribution is 2.21. The molecule has 24 heavy (non-hydrogen) atoms. The molecule has 0 spiro atoms. The minimum Gasteiger partial charge on any atom is -0.507 e. The molecule has 0 bridgehead atoms. The number of benzene rings is 2. The zero-order chi connectivity index (χ0) is 16.9. The molecule has 2 aromatic carbocycles. The number of phenolic OH excluding ortho intramolecular Hbond substituents is 1. The van der Waals surface area contributed by atoms with Gasteiger partial charge in [-0.05, 0) is 55.5 Å². The zero-order valence-electron chi connectivity index (χ0n) is 13.0. The Kier molecular flexibility index (Phi) is 4.72. The van der Waals surface area contributed by atoms with Gasteiger partial charge < -0.3 is 9.84 Å². The third-order valence-electron chi connectivity index (χ3n) is 3.32. The normalized spacial score (nSPS) is 11.0. The predicted molar refractivity (Wildman–Crippen MR) is 95.1 cm³/mol. The minimum absolute atomic E-state index is 0.152. The first-order valence-electron chi connectivity index (χ1n) is 7.42. The van der Waals surface area contributed by atoms with Crippen molar-refractivity contribution < 1.29 is 9.84 Å². The van der Waals surface area contributed by atoms with Crippen molar-refractivity contribution in [1.82, 2.24) is 14.9 Å². The van der Waals surface area contributed by atoms with Crippen molar-refractivity contribution in [2.24, 2.45) is 5.10 Å². The van der Waals surface area contributed by atoms with E-state index in [2.05, 4.69) is 15.3 Å². The summed E-state index contributed by atoms with van der Waals surface area (Å²) in [7, 11) is 0. The maximum absolute atomic E-state index is 9.81. The highest BCUT2D eigenvalue weighted by Gasteiger charge is 2.08. The summed E-state index contributed by atoms with van der Waals surface area (Å²) in [6.07, 6.45) is 1.54. The van der Waals surface area contributed by atoms with Crippen molar-refractivity contribution in [2.75, 3.05) is 6.61 Å². The van der Waals surface area contributed by atoms with Crippen LogP contribution in [0.5, 0.6) is 11.5 Å². The van der Waals surface area contributed by atoms with Crippen LogP contribution in [-0.4, -0.2) is 32.8 Å². The number of nitrogens with zero attached hydrogens (tertiary/aromatic N) is 3. The summed E-state index contributed by atoms with van der Waals surface area (Å²) in [6.45, 7) is 2.55. The SMILES string of the molecule is CCOc1ccc(-c2n[nH]c(=S)n2N=Cc2ccccc2O)cc1. The van der Waals surface area contributed by atoms with Crippen LogP contribution >= 0.6 is 12.2 Å². The second-order valence-corrected chi connectivity index (χ2v) is 5.31. The summed E-state index contributed by atoms with van der Waals surface area (Å²) in [5.41, 5.74) is 1.44. The van der Waals surface area contributed by atoms with E-state index in [1.165, 1.54) is 4.68 Å². The van der Waals surface area contributed by atoms with E-state index in [1.54, 1.807) is 24.4 Å². The van der Waals surface area contributed by atoms with Gasteiger partial charge in [0.05, 0.1) is 12.8 Å². The van der Waals surface area contributed by atoms with E-state index in [0.717, 1.165) is 11.3 Å². The molecule has 0 atom stereocenters. The summed E-state index contributed by atoms with van der Waals surface area (Å²) in [5.74, 6) is 1.52. The Hall–Kier alpha value is -2.93. The number of H-pyrrole nitrogens is 1. The number of nitrogens with one attached hydrogen (secondary N) is 1. The molecule has 0 aliphatic heterocycles. The van der Waals surface area contributed by atoms with Crippen molar-refractivity contribution in [3.8, 4) is 22.9 Å². The van der Waals surface area contributed by atoms with E-state index >= 15 is 0 Å². The molecule has 0 amide bonds. The van der Waals surface area contributed by atoms with Gasteiger partial charge in [-0.3, -0.25) is 0 Å². The molecule has 7 heteroatoms. The maximum atomic E-state index is 9.81. The van der Waals surface area contributed by atoms with Crippen molar-refractivity contribution in [1.29, 1.82) is 0 Å². The summed E-state index contributed by atoms with van der Waals surface area (Å²) < 4.78 is 7.32. The Balaban J connectivity index is 1.94. The second kappa shape index (κ2) is 7.10. The molecule has 0 saturated heterocycles. The molecule has 1 aromatic heterocycles. The lowest BCUT2D eigenvalue weighted by Gasteiger charge is -2.04. The van der Waals surface area contributed by atoms with Crippen LogP contribution in [-0.2, 0) is 0 Å². The molecule has 2 N–H and O–H groups in total. The second-order valence-electron chi connectivity index (χ2n) is 4.92. The van der Waals surface area contributed by atoms with Gasteiger partial charge in [0.1, 0.15) is 11.5 Å². The first-order chi connectivity index (χ1) is 11.7. The average Bonchev–Trinajstić information content (AvgIpc) is 2.96. The van der Waals surface area contributed by atoms with E-state index in [-0.39, 0.29) is 5.75 Å². The summed E-state index contributed by atoms with van der Waals surface area (Å²) in [5, 5.41) is 21.1. The monoisotopic (exact) mass is 340 g/mol. The number of aromatic amines is 1. The number of ether oxygens (including phenoxy) is 1. The highest BCUT2D eigenvalue weighted by molar-refractivity contribution is 7.71. The standard InChI is InChI=1S/C17H16N4O2S/c1-2-23-14-9-7-12(8-10-14)16-19-20-17(24)21(16)18-11-13-5-3-4-6-15(13)22/h3-11,22H,2H2,1H3,(H,20,24). The molecular formula is C17H16N4O2S. The smallest absolute Gasteiger partial charge is 0.216 e.